The van der Waals surface area contributed by atoms with Crippen molar-refractivity contribution in [2.24, 2.45) is 0 Å². The predicted octanol–water partition coefficient (Wildman–Crippen LogP) is 3.31. The molecule has 144 valence electrons. The van der Waals surface area contributed by atoms with E-state index in [-0.39, 0.29) is 11.9 Å². The smallest absolute Gasteiger partial charge is 0.255 e. The minimum Gasteiger partial charge on any atom is -0.348 e. The highest BCUT2D eigenvalue weighted by molar-refractivity contribution is 6.00. The standard InChI is InChI=1S/C23H26N4O/c1-16-3-7-18(8-4-16)14-27-15-21(23(28)25-20-11-12-24-13-20)22(26-27)19-9-5-17(2)6-10-19/h3-10,15,20,24H,11-14H2,1-2H3,(H,25,28). The Balaban J connectivity index is 1.65. The largest absolute Gasteiger partial charge is 0.348 e. The van der Waals surface area contributed by atoms with Crippen molar-refractivity contribution in [3.05, 3.63) is 77.0 Å². The summed E-state index contributed by atoms with van der Waals surface area (Å²) in [5.74, 6) is -0.0561. The molecule has 0 bridgehead atoms. The molecule has 3 aromatic rings. The van der Waals surface area contributed by atoms with Crippen LogP contribution in [0.5, 0.6) is 0 Å². The molecule has 1 saturated heterocycles. The quantitative estimate of drug-likeness (QED) is 0.720. The van der Waals surface area contributed by atoms with Gasteiger partial charge in [-0.2, -0.15) is 5.10 Å². The summed E-state index contributed by atoms with van der Waals surface area (Å²) in [6.07, 6.45) is 2.83. The molecule has 2 N–H and O–H groups in total. The minimum absolute atomic E-state index is 0.0561. The number of rotatable bonds is 5. The lowest BCUT2D eigenvalue weighted by Crippen LogP contribution is -2.36. The van der Waals surface area contributed by atoms with Gasteiger partial charge in [0.2, 0.25) is 0 Å². The van der Waals surface area contributed by atoms with E-state index in [4.69, 9.17) is 5.10 Å². The molecule has 1 amide bonds. The first-order chi connectivity index (χ1) is 13.6. The summed E-state index contributed by atoms with van der Waals surface area (Å²) in [7, 11) is 0. The molecule has 1 aliphatic rings. The van der Waals surface area contributed by atoms with Gasteiger partial charge in [-0.25, -0.2) is 0 Å². The van der Waals surface area contributed by atoms with Gasteiger partial charge in [-0.3, -0.25) is 9.48 Å². The summed E-state index contributed by atoms with van der Waals surface area (Å²) >= 11 is 0. The first-order valence-corrected chi connectivity index (χ1v) is 9.80. The van der Waals surface area contributed by atoms with Gasteiger partial charge in [0, 0.05) is 24.3 Å². The van der Waals surface area contributed by atoms with Gasteiger partial charge in [-0.05, 0) is 32.4 Å². The van der Waals surface area contributed by atoms with Crippen molar-refractivity contribution in [3.8, 4) is 11.3 Å². The van der Waals surface area contributed by atoms with E-state index < -0.39 is 0 Å². The zero-order chi connectivity index (χ0) is 19.5. The molecule has 4 rings (SSSR count). The van der Waals surface area contributed by atoms with Gasteiger partial charge in [0.05, 0.1) is 12.1 Å². The Labute approximate surface area is 165 Å². The van der Waals surface area contributed by atoms with Crippen LogP contribution in [0.3, 0.4) is 0 Å². The average Bonchev–Trinajstić information content (AvgIpc) is 3.34. The Bertz CT molecular complexity index is 951. The van der Waals surface area contributed by atoms with Crippen molar-refractivity contribution >= 4 is 5.91 Å². The van der Waals surface area contributed by atoms with E-state index >= 15 is 0 Å². The lowest BCUT2D eigenvalue weighted by molar-refractivity contribution is 0.0940. The molecule has 0 saturated carbocycles. The highest BCUT2D eigenvalue weighted by Gasteiger charge is 2.22. The number of carbonyl (C=O) groups is 1. The molecule has 1 atom stereocenters. The van der Waals surface area contributed by atoms with E-state index in [9.17, 15) is 4.79 Å². The van der Waals surface area contributed by atoms with Crippen molar-refractivity contribution in [1.82, 2.24) is 20.4 Å². The molecule has 0 spiro atoms. The van der Waals surface area contributed by atoms with Crippen LogP contribution in [0.25, 0.3) is 11.3 Å². The molecule has 1 fully saturated rings. The summed E-state index contributed by atoms with van der Waals surface area (Å²) in [4.78, 5) is 13.0. The van der Waals surface area contributed by atoms with E-state index in [0.29, 0.717) is 12.1 Å². The fraction of sp³-hybridized carbons (Fsp3) is 0.304. The van der Waals surface area contributed by atoms with Gasteiger partial charge in [0.1, 0.15) is 5.69 Å². The highest BCUT2D eigenvalue weighted by Crippen LogP contribution is 2.23. The lowest BCUT2D eigenvalue weighted by Gasteiger charge is -2.11. The van der Waals surface area contributed by atoms with Crippen LogP contribution in [0.1, 0.15) is 33.5 Å². The van der Waals surface area contributed by atoms with Gasteiger partial charge >= 0.3 is 0 Å². The summed E-state index contributed by atoms with van der Waals surface area (Å²) in [6.45, 7) is 6.54. The Hall–Kier alpha value is -2.92. The number of hydrogen-bond donors (Lipinski definition) is 2. The van der Waals surface area contributed by atoms with E-state index in [2.05, 4.69) is 60.9 Å². The topological polar surface area (TPSA) is 59.0 Å². The number of nitrogens with one attached hydrogen (secondary N) is 2. The fourth-order valence-electron chi connectivity index (χ4n) is 3.51. The van der Waals surface area contributed by atoms with Crippen molar-refractivity contribution in [3.63, 3.8) is 0 Å². The SMILES string of the molecule is Cc1ccc(Cn2cc(C(=O)NC3CCNC3)c(-c3ccc(C)cc3)n2)cc1. The maximum Gasteiger partial charge on any atom is 0.255 e. The summed E-state index contributed by atoms with van der Waals surface area (Å²) in [5.41, 5.74) is 5.90. The van der Waals surface area contributed by atoms with E-state index in [0.717, 1.165) is 36.3 Å². The summed E-state index contributed by atoms with van der Waals surface area (Å²) < 4.78 is 1.86. The van der Waals surface area contributed by atoms with Crippen LogP contribution in [0, 0.1) is 13.8 Å². The number of hydrogen-bond acceptors (Lipinski definition) is 3. The third-order valence-corrected chi connectivity index (χ3v) is 5.19. The molecule has 1 aliphatic heterocycles. The van der Waals surface area contributed by atoms with Crippen LogP contribution in [0.4, 0.5) is 0 Å². The number of aromatic nitrogens is 2. The molecule has 5 nitrogen and oxygen atoms in total. The lowest BCUT2D eigenvalue weighted by atomic mass is 10.1. The normalized spacial score (nSPS) is 16.3. The van der Waals surface area contributed by atoms with Gasteiger partial charge < -0.3 is 10.6 Å². The summed E-state index contributed by atoms with van der Waals surface area (Å²) in [6, 6.07) is 16.7. The van der Waals surface area contributed by atoms with Crippen LogP contribution in [0.2, 0.25) is 0 Å². The molecule has 1 unspecified atom stereocenters. The first-order valence-electron chi connectivity index (χ1n) is 9.80. The zero-order valence-electron chi connectivity index (χ0n) is 16.4. The Morgan fingerprint density at radius 3 is 2.43 bits per heavy atom. The molecular weight excluding hydrogens is 348 g/mol. The van der Waals surface area contributed by atoms with Crippen molar-refractivity contribution in [2.75, 3.05) is 13.1 Å². The number of nitrogens with zero attached hydrogens (tertiary/aromatic N) is 2. The van der Waals surface area contributed by atoms with Gasteiger partial charge in [-0.15, -0.1) is 0 Å². The van der Waals surface area contributed by atoms with Crippen molar-refractivity contribution in [1.29, 1.82) is 0 Å². The predicted molar refractivity (Wildman–Crippen MR) is 111 cm³/mol. The summed E-state index contributed by atoms with van der Waals surface area (Å²) in [5, 5.41) is 11.2. The Morgan fingerprint density at radius 1 is 1.11 bits per heavy atom. The zero-order valence-corrected chi connectivity index (χ0v) is 16.4. The molecular formula is C23H26N4O. The fourth-order valence-corrected chi connectivity index (χ4v) is 3.51. The second kappa shape index (κ2) is 7.98. The molecule has 0 radical (unpaired) electrons. The molecule has 1 aromatic heterocycles. The number of aryl methyl sites for hydroxylation is 2. The second-order valence-corrected chi connectivity index (χ2v) is 7.60. The number of amides is 1. The molecule has 5 heteroatoms. The third kappa shape index (κ3) is 4.15. The van der Waals surface area contributed by atoms with Gasteiger partial charge in [0.25, 0.3) is 5.91 Å². The Morgan fingerprint density at radius 2 is 1.79 bits per heavy atom. The monoisotopic (exact) mass is 374 g/mol. The Kier molecular flexibility index (Phi) is 5.26. The van der Waals surface area contributed by atoms with Crippen molar-refractivity contribution < 1.29 is 4.79 Å². The molecule has 0 aliphatic carbocycles. The van der Waals surface area contributed by atoms with Crippen molar-refractivity contribution in [2.45, 2.75) is 32.9 Å². The first kappa shape index (κ1) is 18.4. The van der Waals surface area contributed by atoms with Crippen LogP contribution < -0.4 is 10.6 Å². The van der Waals surface area contributed by atoms with E-state index in [1.165, 1.54) is 11.1 Å². The number of benzene rings is 2. The van der Waals surface area contributed by atoms with E-state index in [1.54, 1.807) is 0 Å². The van der Waals surface area contributed by atoms with Crippen LogP contribution >= 0.6 is 0 Å². The van der Waals surface area contributed by atoms with Crippen LogP contribution in [-0.4, -0.2) is 34.8 Å². The minimum atomic E-state index is -0.0561. The van der Waals surface area contributed by atoms with Gasteiger partial charge in [-0.1, -0.05) is 59.7 Å². The number of carbonyl (C=O) groups excluding carboxylic acids is 1. The molecule has 28 heavy (non-hydrogen) atoms. The van der Waals surface area contributed by atoms with Crippen LogP contribution in [-0.2, 0) is 6.54 Å². The average molecular weight is 374 g/mol. The maximum atomic E-state index is 13.0. The third-order valence-electron chi connectivity index (χ3n) is 5.19. The maximum absolute atomic E-state index is 13.0. The second-order valence-electron chi connectivity index (χ2n) is 7.60. The van der Waals surface area contributed by atoms with Gasteiger partial charge in [0.15, 0.2) is 0 Å². The molecule has 2 aromatic carbocycles. The highest BCUT2D eigenvalue weighted by atomic mass is 16.1. The van der Waals surface area contributed by atoms with E-state index in [1.807, 2.05) is 23.0 Å². The van der Waals surface area contributed by atoms with Crippen LogP contribution in [0.15, 0.2) is 54.7 Å². The molecule has 2 heterocycles.